The van der Waals surface area contributed by atoms with Crippen molar-refractivity contribution in [3.05, 3.63) is 22.5 Å². The highest BCUT2D eigenvalue weighted by Crippen LogP contribution is 2.34. The van der Waals surface area contributed by atoms with E-state index in [0.29, 0.717) is 5.95 Å². The van der Waals surface area contributed by atoms with Crippen molar-refractivity contribution in [2.75, 3.05) is 5.73 Å². The second kappa shape index (κ2) is 4.24. The normalized spacial score (nSPS) is 18.2. The number of fused-ring (bicyclic) bond motifs is 1. The van der Waals surface area contributed by atoms with Gasteiger partial charge in [0.05, 0.1) is 11.4 Å². The van der Waals surface area contributed by atoms with Gasteiger partial charge in [-0.15, -0.1) is 0 Å². The number of aromatic nitrogens is 2. The Hall–Kier alpha value is -1.38. The first kappa shape index (κ1) is 11.1. The fraction of sp³-hybridized carbons (Fsp3) is 0.538. The zero-order chi connectivity index (χ0) is 11.7. The van der Waals surface area contributed by atoms with Gasteiger partial charge >= 0.3 is 0 Å². The number of nitrogens with two attached hydrogens (primary N) is 1. The first-order valence-electron chi connectivity index (χ1n) is 5.95. The molecule has 1 heterocycles. The molecule has 1 aromatic rings. The van der Waals surface area contributed by atoms with Crippen molar-refractivity contribution >= 4 is 11.5 Å². The van der Waals surface area contributed by atoms with Crippen LogP contribution in [-0.2, 0) is 6.42 Å². The second-order valence-corrected chi connectivity index (χ2v) is 4.45. The fourth-order valence-corrected chi connectivity index (χ4v) is 2.43. The maximum atomic E-state index is 5.70. The molecule has 0 unspecified atom stereocenters. The number of aryl methyl sites for hydroxylation is 2. The Bertz CT molecular complexity index is 447. The summed E-state index contributed by atoms with van der Waals surface area (Å²) in [7, 11) is 0. The SMILES string of the molecule is CC/C(C)=C1/CCCc2nc(N)nc(C)c21. The van der Waals surface area contributed by atoms with Crippen molar-refractivity contribution in [1.82, 2.24) is 9.97 Å². The number of hydrogen-bond acceptors (Lipinski definition) is 3. The van der Waals surface area contributed by atoms with Crippen molar-refractivity contribution in [3.63, 3.8) is 0 Å². The monoisotopic (exact) mass is 217 g/mol. The van der Waals surface area contributed by atoms with E-state index in [2.05, 4.69) is 23.8 Å². The van der Waals surface area contributed by atoms with Gasteiger partial charge in [-0.2, -0.15) is 0 Å². The highest BCUT2D eigenvalue weighted by molar-refractivity contribution is 5.73. The molecular formula is C13H19N3. The lowest BCUT2D eigenvalue weighted by molar-refractivity contribution is 0.776. The van der Waals surface area contributed by atoms with Crippen LogP contribution in [0.5, 0.6) is 0 Å². The highest BCUT2D eigenvalue weighted by Gasteiger charge is 2.20. The van der Waals surface area contributed by atoms with Crippen molar-refractivity contribution in [2.45, 2.75) is 46.5 Å². The van der Waals surface area contributed by atoms with Gasteiger partial charge < -0.3 is 5.73 Å². The first-order valence-corrected chi connectivity index (χ1v) is 5.95. The molecule has 0 radical (unpaired) electrons. The average molecular weight is 217 g/mol. The van der Waals surface area contributed by atoms with Gasteiger partial charge in [-0.1, -0.05) is 12.5 Å². The minimum Gasteiger partial charge on any atom is -0.368 e. The van der Waals surface area contributed by atoms with Gasteiger partial charge in [-0.3, -0.25) is 0 Å². The Morgan fingerprint density at radius 3 is 2.75 bits per heavy atom. The third kappa shape index (κ3) is 1.82. The topological polar surface area (TPSA) is 51.8 Å². The number of anilines is 1. The van der Waals surface area contributed by atoms with E-state index >= 15 is 0 Å². The minimum absolute atomic E-state index is 0.409. The summed E-state index contributed by atoms with van der Waals surface area (Å²) in [5, 5.41) is 0. The Labute approximate surface area is 96.8 Å². The van der Waals surface area contributed by atoms with Crippen LogP contribution >= 0.6 is 0 Å². The van der Waals surface area contributed by atoms with Crippen molar-refractivity contribution in [3.8, 4) is 0 Å². The van der Waals surface area contributed by atoms with Crippen LogP contribution in [0.25, 0.3) is 5.57 Å². The van der Waals surface area contributed by atoms with Crippen LogP contribution in [0.2, 0.25) is 0 Å². The quantitative estimate of drug-likeness (QED) is 0.787. The van der Waals surface area contributed by atoms with Crippen molar-refractivity contribution in [1.29, 1.82) is 0 Å². The zero-order valence-corrected chi connectivity index (χ0v) is 10.3. The van der Waals surface area contributed by atoms with E-state index in [1.165, 1.54) is 23.1 Å². The van der Waals surface area contributed by atoms with Crippen LogP contribution in [0.4, 0.5) is 5.95 Å². The molecule has 1 aliphatic carbocycles. The maximum absolute atomic E-state index is 5.70. The molecule has 0 spiro atoms. The summed E-state index contributed by atoms with van der Waals surface area (Å²) >= 11 is 0. The van der Waals surface area contributed by atoms with Crippen LogP contribution in [-0.4, -0.2) is 9.97 Å². The van der Waals surface area contributed by atoms with E-state index in [4.69, 9.17) is 5.73 Å². The molecule has 0 bridgehead atoms. The van der Waals surface area contributed by atoms with Gasteiger partial charge in [-0.25, -0.2) is 9.97 Å². The molecule has 0 aromatic carbocycles. The van der Waals surface area contributed by atoms with Gasteiger partial charge in [0.15, 0.2) is 0 Å². The molecule has 0 amide bonds. The molecule has 0 saturated heterocycles. The largest absolute Gasteiger partial charge is 0.368 e. The molecule has 86 valence electrons. The zero-order valence-electron chi connectivity index (χ0n) is 10.3. The van der Waals surface area contributed by atoms with Crippen LogP contribution in [0, 0.1) is 6.92 Å². The molecule has 3 nitrogen and oxygen atoms in total. The summed E-state index contributed by atoms with van der Waals surface area (Å²) < 4.78 is 0. The lowest BCUT2D eigenvalue weighted by atomic mass is 9.86. The fourth-order valence-electron chi connectivity index (χ4n) is 2.43. The number of nitrogen functional groups attached to an aromatic ring is 1. The standard InChI is InChI=1S/C13H19N3/c1-4-8(2)10-6-5-7-11-12(10)9(3)15-13(14)16-11/h4-7H2,1-3H3,(H2,14,15,16)/b10-8-. The van der Waals surface area contributed by atoms with Crippen molar-refractivity contribution in [2.24, 2.45) is 0 Å². The molecule has 0 aliphatic heterocycles. The molecule has 1 aliphatic rings. The predicted molar refractivity (Wildman–Crippen MR) is 67.0 cm³/mol. The molecule has 0 fully saturated rings. The van der Waals surface area contributed by atoms with Gasteiger partial charge in [0.2, 0.25) is 5.95 Å². The van der Waals surface area contributed by atoms with Crippen LogP contribution in [0.15, 0.2) is 5.57 Å². The summed E-state index contributed by atoms with van der Waals surface area (Å²) in [5.41, 5.74) is 12.0. The summed E-state index contributed by atoms with van der Waals surface area (Å²) in [6, 6.07) is 0. The lowest BCUT2D eigenvalue weighted by Crippen LogP contribution is -2.12. The van der Waals surface area contributed by atoms with Crippen molar-refractivity contribution < 1.29 is 0 Å². The molecule has 0 saturated carbocycles. The van der Waals surface area contributed by atoms with E-state index in [1.54, 1.807) is 0 Å². The second-order valence-electron chi connectivity index (χ2n) is 4.45. The summed E-state index contributed by atoms with van der Waals surface area (Å²) in [6.07, 6.45) is 4.46. The number of allylic oxidation sites excluding steroid dienone is 2. The van der Waals surface area contributed by atoms with E-state index in [9.17, 15) is 0 Å². The van der Waals surface area contributed by atoms with Gasteiger partial charge in [0, 0.05) is 5.56 Å². The van der Waals surface area contributed by atoms with Crippen LogP contribution < -0.4 is 5.73 Å². The minimum atomic E-state index is 0.409. The number of nitrogens with zero attached hydrogens (tertiary/aromatic N) is 2. The average Bonchev–Trinajstić information content (AvgIpc) is 2.26. The smallest absolute Gasteiger partial charge is 0.220 e. The maximum Gasteiger partial charge on any atom is 0.220 e. The third-order valence-electron chi connectivity index (χ3n) is 3.37. The molecule has 1 aromatic heterocycles. The predicted octanol–water partition coefficient (Wildman–Crippen LogP) is 2.89. The molecule has 16 heavy (non-hydrogen) atoms. The van der Waals surface area contributed by atoms with Gasteiger partial charge in [-0.05, 0) is 45.1 Å². The van der Waals surface area contributed by atoms with E-state index in [-0.39, 0.29) is 0 Å². The number of hydrogen-bond donors (Lipinski definition) is 1. The van der Waals surface area contributed by atoms with Gasteiger partial charge in [0.1, 0.15) is 0 Å². The van der Waals surface area contributed by atoms with Gasteiger partial charge in [0.25, 0.3) is 0 Å². The summed E-state index contributed by atoms with van der Waals surface area (Å²) in [6.45, 7) is 6.44. The molecule has 3 heteroatoms. The molecule has 0 atom stereocenters. The van der Waals surface area contributed by atoms with Crippen LogP contribution in [0.1, 0.15) is 50.1 Å². The highest BCUT2D eigenvalue weighted by atomic mass is 15.0. The van der Waals surface area contributed by atoms with E-state index < -0.39 is 0 Å². The Kier molecular flexibility index (Phi) is 2.95. The van der Waals surface area contributed by atoms with Crippen LogP contribution in [0.3, 0.4) is 0 Å². The summed E-state index contributed by atoms with van der Waals surface area (Å²) in [4.78, 5) is 8.66. The number of rotatable bonds is 1. The Balaban J connectivity index is 2.63. The van der Waals surface area contributed by atoms with E-state index in [0.717, 1.165) is 30.7 Å². The Morgan fingerprint density at radius 1 is 1.31 bits per heavy atom. The van der Waals surface area contributed by atoms with E-state index in [1.807, 2.05) is 6.92 Å². The molecular weight excluding hydrogens is 198 g/mol. The Morgan fingerprint density at radius 2 is 2.06 bits per heavy atom. The lowest BCUT2D eigenvalue weighted by Gasteiger charge is -2.22. The molecule has 2 N–H and O–H groups in total. The molecule has 2 rings (SSSR count). The summed E-state index contributed by atoms with van der Waals surface area (Å²) in [5.74, 6) is 0.409. The third-order valence-corrected chi connectivity index (χ3v) is 3.37. The first-order chi connectivity index (χ1) is 7.63.